The second kappa shape index (κ2) is 7.93. The van der Waals surface area contributed by atoms with Gasteiger partial charge in [-0.2, -0.15) is 0 Å². The molecule has 3 aromatic rings. The Morgan fingerprint density at radius 2 is 1.77 bits per heavy atom. The van der Waals surface area contributed by atoms with E-state index in [1.807, 2.05) is 18.2 Å². The Morgan fingerprint density at radius 3 is 2.42 bits per heavy atom. The average Bonchev–Trinajstić information content (AvgIpc) is 2.66. The minimum atomic E-state index is -0.359. The number of hydrogen-bond donors (Lipinski definition) is 3. The van der Waals surface area contributed by atoms with Crippen LogP contribution in [0.25, 0.3) is 0 Å². The molecule has 0 radical (unpaired) electrons. The first-order valence-corrected chi connectivity index (χ1v) is 8.00. The van der Waals surface area contributed by atoms with E-state index in [4.69, 9.17) is 10.5 Å². The van der Waals surface area contributed by atoms with Crippen LogP contribution in [0.3, 0.4) is 0 Å². The summed E-state index contributed by atoms with van der Waals surface area (Å²) in [6.45, 7) is 2.10. The summed E-state index contributed by atoms with van der Waals surface area (Å²) >= 11 is 0. The molecule has 0 aliphatic carbocycles. The number of nitrogens with zero attached hydrogens (tertiary/aromatic N) is 3. The number of ether oxygens (including phenoxy) is 1. The summed E-state index contributed by atoms with van der Waals surface area (Å²) in [4.78, 5) is 24.2. The highest BCUT2D eigenvalue weighted by molar-refractivity contribution is 5.90. The lowest BCUT2D eigenvalue weighted by Gasteiger charge is -2.12. The SMILES string of the molecule is CCOC(=O)c1ccc(Nc2ncnc(Nc3ccccn3)c2N)cc1. The lowest BCUT2D eigenvalue weighted by atomic mass is 10.2. The third-order valence-electron chi connectivity index (χ3n) is 3.45. The Bertz CT molecular complexity index is 884. The van der Waals surface area contributed by atoms with E-state index in [2.05, 4.69) is 25.6 Å². The van der Waals surface area contributed by atoms with Gasteiger partial charge in [0.05, 0.1) is 12.2 Å². The zero-order valence-corrected chi connectivity index (χ0v) is 14.1. The molecule has 0 fully saturated rings. The van der Waals surface area contributed by atoms with E-state index >= 15 is 0 Å². The van der Waals surface area contributed by atoms with Gasteiger partial charge < -0.3 is 21.1 Å². The topological polar surface area (TPSA) is 115 Å². The van der Waals surface area contributed by atoms with Crippen LogP contribution in [0.4, 0.5) is 28.8 Å². The summed E-state index contributed by atoms with van der Waals surface area (Å²) < 4.78 is 4.96. The maximum absolute atomic E-state index is 11.7. The summed E-state index contributed by atoms with van der Waals surface area (Å²) in [5.41, 5.74) is 7.71. The number of rotatable bonds is 6. The fraction of sp³-hybridized carbons (Fsp3) is 0.111. The Morgan fingerprint density at radius 1 is 1.04 bits per heavy atom. The van der Waals surface area contributed by atoms with Crippen molar-refractivity contribution in [3.05, 3.63) is 60.6 Å². The molecule has 0 aliphatic heterocycles. The number of esters is 1. The predicted molar refractivity (Wildman–Crippen MR) is 99.6 cm³/mol. The molecule has 26 heavy (non-hydrogen) atoms. The Labute approximate surface area is 150 Å². The Hall–Kier alpha value is -3.68. The third-order valence-corrected chi connectivity index (χ3v) is 3.45. The van der Waals surface area contributed by atoms with Gasteiger partial charge in [0.1, 0.15) is 17.8 Å². The van der Waals surface area contributed by atoms with Gasteiger partial charge in [0, 0.05) is 11.9 Å². The third kappa shape index (κ3) is 4.04. The molecule has 8 nitrogen and oxygen atoms in total. The number of aromatic nitrogens is 3. The highest BCUT2D eigenvalue weighted by atomic mass is 16.5. The number of nitrogens with two attached hydrogens (primary N) is 1. The van der Waals surface area contributed by atoms with Gasteiger partial charge >= 0.3 is 5.97 Å². The highest BCUT2D eigenvalue weighted by Crippen LogP contribution is 2.27. The van der Waals surface area contributed by atoms with Gasteiger partial charge in [-0.05, 0) is 43.3 Å². The maximum Gasteiger partial charge on any atom is 0.338 e. The molecular formula is C18H18N6O2. The maximum atomic E-state index is 11.7. The van der Waals surface area contributed by atoms with Crippen LogP contribution in [0.15, 0.2) is 55.0 Å². The molecular weight excluding hydrogens is 332 g/mol. The van der Waals surface area contributed by atoms with Crippen LogP contribution in [0.5, 0.6) is 0 Å². The van der Waals surface area contributed by atoms with Crippen molar-refractivity contribution >= 4 is 34.8 Å². The lowest BCUT2D eigenvalue weighted by Crippen LogP contribution is -2.06. The summed E-state index contributed by atoms with van der Waals surface area (Å²) in [6.07, 6.45) is 3.07. The van der Waals surface area contributed by atoms with Crippen molar-refractivity contribution in [3.63, 3.8) is 0 Å². The average molecular weight is 350 g/mol. The van der Waals surface area contributed by atoms with Crippen molar-refractivity contribution in [2.45, 2.75) is 6.92 Å². The molecule has 2 aromatic heterocycles. The van der Waals surface area contributed by atoms with Gasteiger partial charge in [-0.15, -0.1) is 0 Å². The molecule has 4 N–H and O–H groups in total. The first-order valence-electron chi connectivity index (χ1n) is 8.00. The van der Waals surface area contributed by atoms with Crippen molar-refractivity contribution in [2.75, 3.05) is 23.0 Å². The molecule has 1 aromatic carbocycles. The van der Waals surface area contributed by atoms with Crippen LogP contribution in [-0.4, -0.2) is 27.5 Å². The first-order chi connectivity index (χ1) is 12.7. The molecule has 0 atom stereocenters. The standard InChI is InChI=1S/C18H18N6O2/c1-2-26-18(25)12-6-8-13(9-7-12)23-16-15(19)17(22-11-21-16)24-14-5-3-4-10-20-14/h3-11H,2,19H2,1H3,(H2,20,21,22,23,24). The van der Waals surface area contributed by atoms with Gasteiger partial charge in [-0.25, -0.2) is 19.7 Å². The summed E-state index contributed by atoms with van der Waals surface area (Å²) in [5.74, 6) is 1.16. The Kier molecular flexibility index (Phi) is 5.23. The van der Waals surface area contributed by atoms with Gasteiger partial charge in [0.25, 0.3) is 0 Å². The number of carbonyl (C=O) groups is 1. The van der Waals surface area contributed by atoms with Gasteiger partial charge in [0.2, 0.25) is 0 Å². The summed E-state index contributed by atoms with van der Waals surface area (Å²) in [5, 5.41) is 6.16. The molecule has 132 valence electrons. The molecule has 0 unspecified atom stereocenters. The monoisotopic (exact) mass is 350 g/mol. The zero-order chi connectivity index (χ0) is 18.4. The summed E-state index contributed by atoms with van der Waals surface area (Å²) in [7, 11) is 0. The van der Waals surface area contributed by atoms with Crippen molar-refractivity contribution in [1.29, 1.82) is 0 Å². The van der Waals surface area contributed by atoms with E-state index in [-0.39, 0.29) is 5.97 Å². The molecule has 2 heterocycles. The van der Waals surface area contributed by atoms with E-state index in [1.165, 1.54) is 6.33 Å². The number of hydrogen-bond acceptors (Lipinski definition) is 8. The van der Waals surface area contributed by atoms with Gasteiger partial charge in [-0.1, -0.05) is 6.07 Å². The van der Waals surface area contributed by atoms with Crippen molar-refractivity contribution in [3.8, 4) is 0 Å². The quantitative estimate of drug-likeness (QED) is 0.581. The molecule has 0 amide bonds. The first kappa shape index (κ1) is 17.2. The van der Waals surface area contributed by atoms with Crippen LogP contribution in [0, 0.1) is 0 Å². The number of carbonyl (C=O) groups excluding carboxylic acids is 1. The van der Waals surface area contributed by atoms with Crippen LogP contribution < -0.4 is 16.4 Å². The number of nitrogen functional groups attached to an aromatic ring is 1. The molecule has 0 spiro atoms. The van der Waals surface area contributed by atoms with E-state index in [9.17, 15) is 4.79 Å². The van der Waals surface area contributed by atoms with Crippen LogP contribution >= 0.6 is 0 Å². The minimum Gasteiger partial charge on any atom is -0.462 e. The van der Waals surface area contributed by atoms with Crippen LogP contribution in [0.1, 0.15) is 17.3 Å². The van der Waals surface area contributed by atoms with E-state index in [0.29, 0.717) is 35.3 Å². The van der Waals surface area contributed by atoms with Gasteiger partial charge in [0.15, 0.2) is 11.6 Å². The molecule has 0 saturated carbocycles. The van der Waals surface area contributed by atoms with Crippen molar-refractivity contribution in [2.24, 2.45) is 0 Å². The van der Waals surface area contributed by atoms with E-state index < -0.39 is 0 Å². The smallest absolute Gasteiger partial charge is 0.338 e. The van der Waals surface area contributed by atoms with E-state index in [1.54, 1.807) is 37.4 Å². The summed E-state index contributed by atoms with van der Waals surface area (Å²) in [6, 6.07) is 12.3. The normalized spacial score (nSPS) is 10.2. The largest absolute Gasteiger partial charge is 0.462 e. The molecule has 0 bridgehead atoms. The molecule has 8 heteroatoms. The fourth-order valence-electron chi connectivity index (χ4n) is 2.19. The zero-order valence-electron chi connectivity index (χ0n) is 14.1. The number of nitrogens with one attached hydrogen (secondary N) is 2. The molecule has 3 rings (SSSR count). The number of anilines is 5. The van der Waals surface area contributed by atoms with E-state index in [0.717, 1.165) is 5.69 Å². The second-order valence-electron chi connectivity index (χ2n) is 5.25. The number of pyridine rings is 1. The Balaban J connectivity index is 1.76. The van der Waals surface area contributed by atoms with Crippen molar-refractivity contribution in [1.82, 2.24) is 15.0 Å². The van der Waals surface area contributed by atoms with Crippen LogP contribution in [0.2, 0.25) is 0 Å². The van der Waals surface area contributed by atoms with Crippen LogP contribution in [-0.2, 0) is 4.74 Å². The molecule has 0 saturated heterocycles. The highest BCUT2D eigenvalue weighted by Gasteiger charge is 2.10. The minimum absolute atomic E-state index is 0.336. The van der Waals surface area contributed by atoms with Gasteiger partial charge in [-0.3, -0.25) is 0 Å². The molecule has 0 aliphatic rings. The fourth-order valence-corrected chi connectivity index (χ4v) is 2.19. The number of benzene rings is 1. The van der Waals surface area contributed by atoms with Crippen molar-refractivity contribution < 1.29 is 9.53 Å². The predicted octanol–water partition coefficient (Wildman–Crippen LogP) is 3.12. The second-order valence-corrected chi connectivity index (χ2v) is 5.25. The lowest BCUT2D eigenvalue weighted by molar-refractivity contribution is 0.0526.